The van der Waals surface area contributed by atoms with Gasteiger partial charge in [-0.1, -0.05) is 23.8 Å². The van der Waals surface area contributed by atoms with Gasteiger partial charge in [-0.25, -0.2) is 0 Å². The summed E-state index contributed by atoms with van der Waals surface area (Å²) in [6, 6.07) is 2.15. The lowest BCUT2D eigenvalue weighted by Gasteiger charge is -2.56. The number of halogens is 2. The number of hydrogen-bond donors (Lipinski definition) is 3. The molecule has 1 aliphatic carbocycles. The van der Waals surface area contributed by atoms with Crippen LogP contribution in [-0.4, -0.2) is 54.4 Å². The van der Waals surface area contributed by atoms with Gasteiger partial charge in [0.05, 0.1) is 22.6 Å². The topological polar surface area (TPSA) is 104 Å². The van der Waals surface area contributed by atoms with Crippen molar-refractivity contribution in [2.45, 2.75) is 80.9 Å². The third-order valence-corrected chi connectivity index (χ3v) is 8.02. The maximum Gasteiger partial charge on any atom is 0.198 e. The van der Waals surface area contributed by atoms with E-state index in [2.05, 4.69) is 6.58 Å². The largest absolute Gasteiger partial charge is 0.508 e. The Morgan fingerprint density at radius 3 is 2.52 bits per heavy atom. The number of Topliss-reactive ketones (excluding diaryl/α,β-unsaturated/α-hetero) is 2. The van der Waals surface area contributed by atoms with Gasteiger partial charge in [-0.15, -0.1) is 23.2 Å². The van der Waals surface area contributed by atoms with Crippen LogP contribution < -0.4 is 0 Å². The molecule has 1 aromatic carbocycles. The average Bonchev–Trinajstić information content (AvgIpc) is 2.71. The maximum absolute atomic E-state index is 13.9. The van der Waals surface area contributed by atoms with Gasteiger partial charge in [-0.05, 0) is 53.0 Å². The van der Waals surface area contributed by atoms with Crippen LogP contribution in [0.3, 0.4) is 0 Å². The van der Waals surface area contributed by atoms with E-state index in [1.165, 1.54) is 0 Å². The van der Waals surface area contributed by atoms with Crippen LogP contribution in [0.1, 0.15) is 74.1 Å². The van der Waals surface area contributed by atoms with E-state index < -0.39 is 44.9 Å². The Morgan fingerprint density at radius 2 is 1.91 bits per heavy atom. The Kier molecular flexibility index (Phi) is 6.82. The number of phenolic OH excluding ortho intramolecular Hbond substituents is 2. The summed E-state index contributed by atoms with van der Waals surface area (Å²) in [5.74, 6) is -2.13. The quantitative estimate of drug-likeness (QED) is 0.375. The Labute approximate surface area is 203 Å². The first-order valence-electron chi connectivity index (χ1n) is 10.8. The van der Waals surface area contributed by atoms with Crippen LogP contribution in [0, 0.1) is 0 Å². The zero-order chi connectivity index (χ0) is 24.9. The van der Waals surface area contributed by atoms with Crippen LogP contribution >= 0.6 is 23.2 Å². The van der Waals surface area contributed by atoms with Crippen molar-refractivity contribution in [3.63, 3.8) is 0 Å². The summed E-state index contributed by atoms with van der Waals surface area (Å²) in [5, 5.41) is 29.7. The average molecular weight is 497 g/mol. The SMILES string of the molecule is C=C(C)C(O)CC/C(C)=C/CC12OC(C)(C)C(Cl)CC1(Cl)C(=O)c1c(O)cc(O)cc1C2=O. The van der Waals surface area contributed by atoms with Gasteiger partial charge in [0.2, 0.25) is 0 Å². The van der Waals surface area contributed by atoms with E-state index in [1.54, 1.807) is 26.8 Å². The first kappa shape index (κ1) is 25.8. The Morgan fingerprint density at radius 1 is 1.27 bits per heavy atom. The number of alkyl halides is 2. The summed E-state index contributed by atoms with van der Waals surface area (Å²) in [5.41, 5.74) is -1.60. The predicted molar refractivity (Wildman–Crippen MR) is 128 cm³/mol. The van der Waals surface area contributed by atoms with Gasteiger partial charge in [0.25, 0.3) is 0 Å². The molecule has 1 saturated heterocycles. The van der Waals surface area contributed by atoms with Crippen LogP contribution in [0.15, 0.2) is 35.9 Å². The van der Waals surface area contributed by atoms with Crippen molar-refractivity contribution in [2.75, 3.05) is 0 Å². The third kappa shape index (κ3) is 4.23. The van der Waals surface area contributed by atoms with E-state index in [9.17, 15) is 24.9 Å². The lowest BCUT2D eigenvalue weighted by Crippen LogP contribution is -2.72. The second-order valence-corrected chi connectivity index (χ2v) is 10.9. The monoisotopic (exact) mass is 496 g/mol. The number of fused-ring (bicyclic) bond motifs is 2. The summed E-state index contributed by atoms with van der Waals surface area (Å²) >= 11 is 13.5. The lowest BCUT2D eigenvalue weighted by atomic mass is 9.63. The molecule has 33 heavy (non-hydrogen) atoms. The van der Waals surface area contributed by atoms with E-state index in [-0.39, 0.29) is 29.7 Å². The van der Waals surface area contributed by atoms with E-state index in [0.29, 0.717) is 18.4 Å². The van der Waals surface area contributed by atoms with Gasteiger partial charge in [-0.3, -0.25) is 9.59 Å². The van der Waals surface area contributed by atoms with Crippen molar-refractivity contribution in [1.82, 2.24) is 0 Å². The molecule has 1 heterocycles. The molecule has 0 aromatic heterocycles. The van der Waals surface area contributed by atoms with Gasteiger partial charge in [0.15, 0.2) is 17.2 Å². The highest BCUT2D eigenvalue weighted by atomic mass is 35.5. The molecule has 8 heteroatoms. The maximum atomic E-state index is 13.9. The van der Waals surface area contributed by atoms with Gasteiger partial charge in [-0.2, -0.15) is 0 Å². The third-order valence-electron chi connectivity index (χ3n) is 6.71. The smallest absolute Gasteiger partial charge is 0.198 e. The normalized spacial score (nSPS) is 29.9. The summed E-state index contributed by atoms with van der Waals surface area (Å²) in [6.45, 7) is 10.8. The molecule has 0 amide bonds. The molecule has 1 aromatic rings. The zero-order valence-corrected chi connectivity index (χ0v) is 20.8. The molecule has 180 valence electrons. The molecule has 1 aliphatic heterocycles. The van der Waals surface area contributed by atoms with Crippen molar-refractivity contribution < 1.29 is 29.6 Å². The number of allylic oxidation sites excluding steroid dienone is 1. The fourth-order valence-electron chi connectivity index (χ4n) is 4.53. The summed E-state index contributed by atoms with van der Waals surface area (Å²) in [6.07, 6.45) is 2.08. The summed E-state index contributed by atoms with van der Waals surface area (Å²) in [7, 11) is 0. The molecule has 0 spiro atoms. The highest BCUT2D eigenvalue weighted by Crippen LogP contribution is 2.56. The van der Waals surface area contributed by atoms with Crippen LogP contribution in [0.2, 0.25) is 0 Å². The highest BCUT2D eigenvalue weighted by molar-refractivity contribution is 6.45. The predicted octanol–water partition coefficient (Wildman–Crippen LogP) is 5.05. The number of aromatic hydroxyl groups is 2. The number of ether oxygens (including phenoxy) is 1. The van der Waals surface area contributed by atoms with Crippen molar-refractivity contribution in [3.05, 3.63) is 47.1 Å². The van der Waals surface area contributed by atoms with Gasteiger partial charge < -0.3 is 20.1 Å². The van der Waals surface area contributed by atoms with Crippen molar-refractivity contribution >= 4 is 34.8 Å². The second-order valence-electron chi connectivity index (χ2n) is 9.71. The van der Waals surface area contributed by atoms with E-state index in [1.807, 2.05) is 6.92 Å². The van der Waals surface area contributed by atoms with Crippen LogP contribution in [0.25, 0.3) is 0 Å². The van der Waals surface area contributed by atoms with Crippen LogP contribution in [0.5, 0.6) is 11.5 Å². The van der Waals surface area contributed by atoms with Crippen molar-refractivity contribution in [1.29, 1.82) is 0 Å². The summed E-state index contributed by atoms with van der Waals surface area (Å²) < 4.78 is 6.31. The molecule has 0 bridgehead atoms. The van der Waals surface area contributed by atoms with Crippen molar-refractivity contribution in [3.8, 4) is 11.5 Å². The molecule has 2 aliphatic rings. The fraction of sp³-hybridized carbons (Fsp3) is 0.520. The molecule has 0 radical (unpaired) electrons. The van der Waals surface area contributed by atoms with Gasteiger partial charge >= 0.3 is 0 Å². The Balaban J connectivity index is 2.11. The minimum absolute atomic E-state index is 0.0149. The van der Waals surface area contributed by atoms with Crippen molar-refractivity contribution in [2.24, 2.45) is 0 Å². The Bertz CT molecular complexity index is 1050. The molecule has 3 N–H and O–H groups in total. The molecule has 3 rings (SSSR count). The zero-order valence-electron chi connectivity index (χ0n) is 19.2. The molecule has 4 unspecified atom stereocenters. The van der Waals surface area contributed by atoms with Gasteiger partial charge in [0.1, 0.15) is 16.4 Å². The number of benzene rings is 1. The minimum Gasteiger partial charge on any atom is -0.508 e. The van der Waals surface area contributed by atoms with E-state index in [4.69, 9.17) is 27.9 Å². The molecule has 0 saturated carbocycles. The number of ketones is 2. The Hall–Kier alpha value is -1.86. The number of carbonyl (C=O) groups is 2. The number of hydrogen-bond acceptors (Lipinski definition) is 6. The minimum atomic E-state index is -1.85. The lowest BCUT2D eigenvalue weighted by molar-refractivity contribution is -0.157. The molecular formula is C25H30Cl2O6. The highest BCUT2D eigenvalue weighted by Gasteiger charge is 2.70. The standard InChI is InChI=1S/C25H30Cl2O6/c1-13(2)17(29)7-6-14(3)8-9-25-21(31)16-10-15(28)11-18(30)20(16)22(32)24(25,27)12-19(26)23(4,5)33-25/h8,10-11,17,19,28-30H,1,6-7,9,12H2,2-5H3/b14-8+. The first-order chi connectivity index (χ1) is 15.2. The molecule has 1 fully saturated rings. The first-order valence-corrected chi connectivity index (χ1v) is 11.7. The van der Waals surface area contributed by atoms with E-state index >= 15 is 0 Å². The number of phenols is 2. The van der Waals surface area contributed by atoms with Gasteiger partial charge in [0, 0.05) is 18.1 Å². The number of carbonyl (C=O) groups excluding carboxylic acids is 2. The van der Waals surface area contributed by atoms with Crippen LogP contribution in [0.4, 0.5) is 0 Å². The van der Waals surface area contributed by atoms with Crippen LogP contribution in [-0.2, 0) is 4.74 Å². The number of aliphatic hydroxyl groups is 1. The number of rotatable bonds is 6. The number of aliphatic hydroxyl groups excluding tert-OH is 1. The second kappa shape index (κ2) is 8.73. The fourth-order valence-corrected chi connectivity index (χ4v) is 5.33. The molecule has 6 nitrogen and oxygen atoms in total. The molecular weight excluding hydrogens is 467 g/mol. The summed E-state index contributed by atoms with van der Waals surface area (Å²) in [4.78, 5) is 25.7. The van der Waals surface area contributed by atoms with E-state index in [0.717, 1.165) is 17.7 Å². The molecule has 4 atom stereocenters.